The first-order valence-electron chi connectivity index (χ1n) is 3.16. The van der Waals surface area contributed by atoms with Crippen LogP contribution in [0.25, 0.3) is 6.08 Å². The zero-order valence-electron chi connectivity index (χ0n) is 5.63. The molecule has 2 rings (SSSR count). The number of hydrogen-bond donors (Lipinski definition) is 1. The van der Waals surface area contributed by atoms with Crippen molar-refractivity contribution < 1.29 is 0 Å². The molecule has 54 valence electrons. The molecule has 3 nitrogen and oxygen atoms in total. The molecule has 0 aromatic carbocycles. The number of nitrogens with zero attached hydrogens (tertiary/aromatic N) is 2. The summed E-state index contributed by atoms with van der Waals surface area (Å²) >= 11 is 5.78. The molecule has 1 aromatic heterocycles. The Bertz CT molecular complexity index is 333. The van der Waals surface area contributed by atoms with Crippen LogP contribution in [-0.2, 0) is 6.42 Å². The van der Waals surface area contributed by atoms with E-state index in [1.165, 1.54) is 0 Å². The molecule has 0 saturated heterocycles. The van der Waals surface area contributed by atoms with Crippen molar-refractivity contribution in [1.82, 2.24) is 9.97 Å². The number of aromatic nitrogens is 2. The minimum absolute atomic E-state index is 0.216. The fraction of sp³-hybridized carbons (Fsp3) is 0.143. The first-order chi connectivity index (χ1) is 5.27. The number of anilines is 1. The summed E-state index contributed by atoms with van der Waals surface area (Å²) in [7, 11) is 0. The monoisotopic (exact) mass is 166 g/mol. The van der Waals surface area contributed by atoms with Gasteiger partial charge in [-0.15, -0.1) is 4.98 Å². The van der Waals surface area contributed by atoms with Gasteiger partial charge < -0.3 is 5.73 Å². The zero-order chi connectivity index (χ0) is 7.84. The van der Waals surface area contributed by atoms with Crippen LogP contribution in [0.1, 0.15) is 11.3 Å². The van der Waals surface area contributed by atoms with Crippen LogP contribution in [0.15, 0.2) is 0 Å². The lowest BCUT2D eigenvalue weighted by molar-refractivity contribution is 1.11. The Balaban J connectivity index is 2.66. The molecule has 0 radical (unpaired) electrons. The summed E-state index contributed by atoms with van der Waals surface area (Å²) < 4.78 is 0. The first-order valence-corrected chi connectivity index (χ1v) is 3.53. The van der Waals surface area contributed by atoms with Crippen molar-refractivity contribution in [1.29, 1.82) is 0 Å². The molecular weight excluding hydrogens is 162 g/mol. The number of allylic oxidation sites excluding steroid dienone is 1. The molecule has 1 aromatic rings. The number of nitrogen functional groups attached to an aromatic ring is 1. The first kappa shape index (κ1) is 6.53. The Morgan fingerprint density at radius 3 is 3.18 bits per heavy atom. The smallest absolute Gasteiger partial charge is 0.243 e. The van der Waals surface area contributed by atoms with Crippen molar-refractivity contribution in [3.05, 3.63) is 22.5 Å². The van der Waals surface area contributed by atoms with Gasteiger partial charge in [0.05, 0.1) is 6.08 Å². The molecule has 0 amide bonds. The molecule has 11 heavy (non-hydrogen) atoms. The summed E-state index contributed by atoms with van der Waals surface area (Å²) in [5.74, 6) is 0.216. The second kappa shape index (κ2) is 2.16. The van der Waals surface area contributed by atoms with Gasteiger partial charge >= 0.3 is 0 Å². The van der Waals surface area contributed by atoms with Crippen LogP contribution >= 0.6 is 11.6 Å². The fourth-order valence-electron chi connectivity index (χ4n) is 1.02. The quantitative estimate of drug-likeness (QED) is 0.464. The maximum Gasteiger partial charge on any atom is 0.243 e. The lowest BCUT2D eigenvalue weighted by Crippen LogP contribution is -1.99. The highest BCUT2D eigenvalue weighted by molar-refractivity contribution is 6.30. The second-order valence-corrected chi connectivity index (χ2v) is 2.62. The van der Waals surface area contributed by atoms with Gasteiger partial charge in [-0.2, -0.15) is 4.98 Å². The third-order valence-electron chi connectivity index (χ3n) is 1.52. The van der Waals surface area contributed by atoms with E-state index in [0.717, 1.165) is 11.3 Å². The van der Waals surface area contributed by atoms with Gasteiger partial charge in [0.1, 0.15) is 12.0 Å². The van der Waals surface area contributed by atoms with E-state index in [1.807, 2.05) is 0 Å². The fourth-order valence-corrected chi connectivity index (χ4v) is 1.27. The summed E-state index contributed by atoms with van der Waals surface area (Å²) in [4.78, 5) is 7.80. The Morgan fingerprint density at radius 1 is 1.55 bits per heavy atom. The Kier molecular flexibility index (Phi) is 1.28. The zero-order valence-corrected chi connectivity index (χ0v) is 6.39. The van der Waals surface area contributed by atoms with E-state index in [0.29, 0.717) is 11.6 Å². The summed E-state index contributed by atoms with van der Waals surface area (Å²) in [5.41, 5.74) is 7.09. The number of fused-ring (bicyclic) bond motifs is 1. The summed E-state index contributed by atoms with van der Waals surface area (Å²) in [6.07, 6.45) is 5.45. The molecule has 1 aliphatic carbocycles. The summed E-state index contributed by atoms with van der Waals surface area (Å²) in [5, 5.41) is 0.439. The van der Waals surface area contributed by atoms with Gasteiger partial charge in [0.25, 0.3) is 0 Å². The van der Waals surface area contributed by atoms with E-state index in [1.54, 1.807) is 6.08 Å². The molecule has 1 aliphatic rings. The minimum Gasteiger partial charge on any atom is -0.366 e. The van der Waals surface area contributed by atoms with E-state index < -0.39 is 0 Å². The third-order valence-corrected chi connectivity index (χ3v) is 1.84. The van der Waals surface area contributed by atoms with Crippen LogP contribution in [-0.4, -0.2) is 9.97 Å². The Morgan fingerprint density at radius 2 is 2.36 bits per heavy atom. The molecule has 1 heterocycles. The molecule has 0 atom stereocenters. The van der Waals surface area contributed by atoms with Crippen molar-refractivity contribution in [2.45, 2.75) is 6.42 Å². The van der Waals surface area contributed by atoms with E-state index in [2.05, 4.69) is 16.0 Å². The SMILES string of the molecule is Nc1nc(Cl)c2c(n1)C=[C+]C2. The Labute approximate surface area is 68.9 Å². The maximum atomic E-state index is 5.78. The van der Waals surface area contributed by atoms with Gasteiger partial charge in [0.2, 0.25) is 11.6 Å². The number of rotatable bonds is 0. The topological polar surface area (TPSA) is 51.8 Å². The molecule has 0 saturated carbocycles. The van der Waals surface area contributed by atoms with Crippen molar-refractivity contribution >= 4 is 23.6 Å². The molecule has 0 aliphatic heterocycles. The van der Waals surface area contributed by atoms with Gasteiger partial charge in [-0.25, -0.2) is 0 Å². The van der Waals surface area contributed by atoms with Crippen LogP contribution in [0.2, 0.25) is 5.15 Å². The molecule has 0 fully saturated rings. The second-order valence-electron chi connectivity index (χ2n) is 2.26. The summed E-state index contributed by atoms with van der Waals surface area (Å²) in [6, 6.07) is 0. The summed E-state index contributed by atoms with van der Waals surface area (Å²) in [6.45, 7) is 0. The van der Waals surface area contributed by atoms with Gasteiger partial charge in [-0.1, -0.05) is 11.6 Å². The van der Waals surface area contributed by atoms with Gasteiger partial charge in [0.15, 0.2) is 11.2 Å². The van der Waals surface area contributed by atoms with Crippen LogP contribution in [0, 0.1) is 6.08 Å². The molecule has 4 heteroatoms. The number of nitrogens with two attached hydrogens (primary N) is 1. The Hall–Kier alpha value is -1.18. The average molecular weight is 167 g/mol. The highest BCUT2D eigenvalue weighted by Crippen LogP contribution is 2.23. The van der Waals surface area contributed by atoms with E-state index in [9.17, 15) is 0 Å². The minimum atomic E-state index is 0.216. The maximum absolute atomic E-state index is 5.78. The van der Waals surface area contributed by atoms with Gasteiger partial charge in [-0.05, 0) is 0 Å². The van der Waals surface area contributed by atoms with Crippen molar-refractivity contribution in [3.8, 4) is 0 Å². The van der Waals surface area contributed by atoms with E-state index in [4.69, 9.17) is 17.3 Å². The average Bonchev–Trinajstić information content (AvgIpc) is 2.34. The normalized spacial score (nSPS) is 12.8. The molecule has 2 N–H and O–H groups in total. The molecule has 0 spiro atoms. The van der Waals surface area contributed by atoms with Crippen molar-refractivity contribution in [2.75, 3.05) is 5.73 Å². The number of halogens is 1. The van der Waals surface area contributed by atoms with Crippen LogP contribution in [0.3, 0.4) is 0 Å². The van der Waals surface area contributed by atoms with E-state index >= 15 is 0 Å². The molecular formula is C7H5ClN3+. The van der Waals surface area contributed by atoms with E-state index in [-0.39, 0.29) is 5.95 Å². The molecule has 0 unspecified atom stereocenters. The highest BCUT2D eigenvalue weighted by Gasteiger charge is 2.22. The highest BCUT2D eigenvalue weighted by atomic mass is 35.5. The van der Waals surface area contributed by atoms with Gasteiger partial charge in [-0.3, -0.25) is 0 Å². The number of hydrogen-bond acceptors (Lipinski definition) is 3. The third kappa shape index (κ3) is 0.946. The van der Waals surface area contributed by atoms with Crippen molar-refractivity contribution in [3.63, 3.8) is 0 Å². The van der Waals surface area contributed by atoms with Crippen LogP contribution < -0.4 is 5.73 Å². The standard InChI is InChI=1S/C7H5ClN3/c8-6-4-2-1-3-5(4)10-7(9)11-6/h3H,2H2,(H2,9,10,11)/q+1. The van der Waals surface area contributed by atoms with Crippen molar-refractivity contribution in [2.24, 2.45) is 0 Å². The lowest BCUT2D eigenvalue weighted by Gasteiger charge is -1.92. The van der Waals surface area contributed by atoms with Gasteiger partial charge in [0, 0.05) is 0 Å². The van der Waals surface area contributed by atoms with Crippen LogP contribution in [0.4, 0.5) is 5.95 Å². The lowest BCUT2D eigenvalue weighted by atomic mass is 10.2. The molecule has 0 bridgehead atoms. The van der Waals surface area contributed by atoms with Crippen LogP contribution in [0.5, 0.6) is 0 Å². The predicted molar refractivity (Wildman–Crippen MR) is 42.9 cm³/mol. The predicted octanol–water partition coefficient (Wildman–Crippen LogP) is 1.08. The largest absolute Gasteiger partial charge is 0.366 e.